The van der Waals surface area contributed by atoms with Crippen molar-refractivity contribution < 1.29 is 4.74 Å². The molecule has 2 aromatic heterocycles. The molecule has 1 fully saturated rings. The van der Waals surface area contributed by atoms with Crippen LogP contribution in [0, 0.1) is 11.8 Å². The fourth-order valence-electron chi connectivity index (χ4n) is 3.76. The molecule has 0 aliphatic heterocycles. The molecule has 0 bridgehead atoms. The summed E-state index contributed by atoms with van der Waals surface area (Å²) in [6.07, 6.45) is 12.4. The van der Waals surface area contributed by atoms with Crippen LogP contribution in [0.15, 0.2) is 35.3 Å². The summed E-state index contributed by atoms with van der Waals surface area (Å²) >= 11 is 0. The molecule has 0 aromatic carbocycles. The summed E-state index contributed by atoms with van der Waals surface area (Å²) in [4.78, 5) is 24.4. The Labute approximate surface area is 146 Å². The van der Waals surface area contributed by atoms with E-state index in [0.29, 0.717) is 17.2 Å². The van der Waals surface area contributed by atoms with Crippen LogP contribution in [0.4, 0.5) is 0 Å². The smallest absolute Gasteiger partial charge is 0.328 e. The predicted octanol–water partition coefficient (Wildman–Crippen LogP) is 2.78. The fraction of sp³-hybridized carbons (Fsp3) is 0.526. The van der Waals surface area contributed by atoms with E-state index in [2.05, 4.69) is 36.0 Å². The highest BCUT2D eigenvalue weighted by molar-refractivity contribution is 5.65. The molecule has 132 valence electrons. The molecule has 2 unspecified atom stereocenters. The maximum Gasteiger partial charge on any atom is 0.328 e. The molecular weight excluding hydrogens is 316 g/mol. The standard InChI is InChI=1S/C19H24N4O2/c1-12(2)19(25-3)9-5-4-6-14(19)15-10-20-16-17(21-15)23(18(24)22-16)11-13-7-8-13/h4-6,9-10,12-14H,7-8,11H2,1-3H3,(H,20,22,24). The van der Waals surface area contributed by atoms with E-state index in [1.165, 1.54) is 12.8 Å². The van der Waals surface area contributed by atoms with E-state index in [9.17, 15) is 4.79 Å². The quantitative estimate of drug-likeness (QED) is 0.908. The number of ether oxygens (including phenoxy) is 1. The van der Waals surface area contributed by atoms with E-state index < -0.39 is 5.60 Å². The molecule has 6 nitrogen and oxygen atoms in total. The Kier molecular flexibility index (Phi) is 3.87. The van der Waals surface area contributed by atoms with Crippen LogP contribution < -0.4 is 5.69 Å². The molecule has 0 spiro atoms. The lowest BCUT2D eigenvalue weighted by atomic mass is 9.74. The molecule has 2 aliphatic carbocycles. The van der Waals surface area contributed by atoms with Gasteiger partial charge in [-0.1, -0.05) is 38.2 Å². The molecule has 2 aromatic rings. The van der Waals surface area contributed by atoms with Gasteiger partial charge in [0.1, 0.15) is 5.60 Å². The lowest BCUT2D eigenvalue weighted by Crippen LogP contribution is -2.42. The second-order valence-corrected chi connectivity index (χ2v) is 7.39. The Hall–Kier alpha value is -2.21. The molecule has 2 heterocycles. The highest BCUT2D eigenvalue weighted by Crippen LogP contribution is 2.41. The van der Waals surface area contributed by atoms with Crippen molar-refractivity contribution in [3.63, 3.8) is 0 Å². The summed E-state index contributed by atoms with van der Waals surface area (Å²) in [5, 5.41) is 0. The van der Waals surface area contributed by atoms with E-state index in [1.807, 2.05) is 12.2 Å². The van der Waals surface area contributed by atoms with Gasteiger partial charge in [0.15, 0.2) is 11.3 Å². The van der Waals surface area contributed by atoms with E-state index in [0.717, 1.165) is 12.2 Å². The first-order valence-corrected chi connectivity index (χ1v) is 8.92. The lowest BCUT2D eigenvalue weighted by molar-refractivity contribution is -0.0195. The fourth-order valence-corrected chi connectivity index (χ4v) is 3.76. The highest BCUT2D eigenvalue weighted by atomic mass is 16.5. The highest BCUT2D eigenvalue weighted by Gasteiger charge is 2.41. The Morgan fingerprint density at radius 3 is 2.88 bits per heavy atom. The zero-order valence-electron chi connectivity index (χ0n) is 14.9. The molecule has 0 saturated heterocycles. The van der Waals surface area contributed by atoms with Crippen molar-refractivity contribution in [1.29, 1.82) is 0 Å². The van der Waals surface area contributed by atoms with E-state index in [1.54, 1.807) is 17.9 Å². The summed E-state index contributed by atoms with van der Waals surface area (Å²) in [6, 6.07) is 0. The molecule has 0 radical (unpaired) electrons. The van der Waals surface area contributed by atoms with Crippen molar-refractivity contribution in [2.24, 2.45) is 11.8 Å². The number of rotatable bonds is 5. The number of H-pyrrole nitrogens is 1. The summed E-state index contributed by atoms with van der Waals surface area (Å²) in [5.74, 6) is 0.813. The van der Waals surface area contributed by atoms with Crippen molar-refractivity contribution in [3.05, 3.63) is 46.7 Å². The average molecular weight is 340 g/mol. The Morgan fingerprint density at radius 2 is 2.20 bits per heavy atom. The molecule has 2 atom stereocenters. The van der Waals surface area contributed by atoms with Crippen molar-refractivity contribution in [1.82, 2.24) is 19.5 Å². The summed E-state index contributed by atoms with van der Waals surface area (Å²) < 4.78 is 7.68. The number of aromatic amines is 1. The van der Waals surface area contributed by atoms with Gasteiger partial charge in [-0.05, 0) is 24.7 Å². The summed E-state index contributed by atoms with van der Waals surface area (Å²) in [6.45, 7) is 5.01. The average Bonchev–Trinajstić information content (AvgIpc) is 3.38. The maximum absolute atomic E-state index is 12.3. The second-order valence-electron chi connectivity index (χ2n) is 7.39. The van der Waals surface area contributed by atoms with Crippen LogP contribution in [0.25, 0.3) is 11.3 Å². The summed E-state index contributed by atoms with van der Waals surface area (Å²) in [5.41, 5.74) is 1.44. The van der Waals surface area contributed by atoms with Crippen LogP contribution in [-0.2, 0) is 11.3 Å². The number of imidazole rings is 1. The molecule has 2 aliphatic rings. The van der Waals surface area contributed by atoms with E-state index in [4.69, 9.17) is 9.72 Å². The first kappa shape index (κ1) is 16.3. The van der Waals surface area contributed by atoms with Crippen LogP contribution in [0.3, 0.4) is 0 Å². The van der Waals surface area contributed by atoms with Gasteiger partial charge in [0.2, 0.25) is 0 Å². The monoisotopic (exact) mass is 340 g/mol. The molecule has 25 heavy (non-hydrogen) atoms. The number of aromatic nitrogens is 4. The number of fused-ring (bicyclic) bond motifs is 1. The van der Waals surface area contributed by atoms with Crippen molar-refractivity contribution in [2.45, 2.75) is 44.8 Å². The molecule has 6 heteroatoms. The number of nitrogens with one attached hydrogen (secondary N) is 1. The zero-order chi connectivity index (χ0) is 17.6. The third-order valence-corrected chi connectivity index (χ3v) is 5.47. The molecule has 1 saturated carbocycles. The normalized spacial score (nSPS) is 26.0. The zero-order valence-corrected chi connectivity index (χ0v) is 14.9. The number of allylic oxidation sites excluding steroid dienone is 2. The van der Waals surface area contributed by atoms with Crippen LogP contribution in [0.2, 0.25) is 0 Å². The first-order valence-electron chi connectivity index (χ1n) is 8.92. The number of methoxy groups -OCH3 is 1. The van der Waals surface area contributed by atoms with Crippen molar-refractivity contribution in [3.8, 4) is 0 Å². The Morgan fingerprint density at radius 1 is 1.40 bits per heavy atom. The minimum absolute atomic E-state index is 0.0428. The number of hydrogen-bond acceptors (Lipinski definition) is 4. The topological polar surface area (TPSA) is 72.8 Å². The van der Waals surface area contributed by atoms with Gasteiger partial charge in [-0.25, -0.2) is 14.8 Å². The molecule has 0 amide bonds. The molecule has 4 rings (SSSR count). The second kappa shape index (κ2) is 5.95. The van der Waals surface area contributed by atoms with E-state index >= 15 is 0 Å². The van der Waals surface area contributed by atoms with Crippen LogP contribution in [-0.4, -0.2) is 32.2 Å². The lowest BCUT2D eigenvalue weighted by Gasteiger charge is -2.40. The van der Waals surface area contributed by atoms with Gasteiger partial charge in [-0.15, -0.1) is 0 Å². The van der Waals surface area contributed by atoms with Gasteiger partial charge in [0.05, 0.1) is 17.8 Å². The van der Waals surface area contributed by atoms with Crippen LogP contribution in [0.1, 0.15) is 38.3 Å². The Bertz CT molecular complexity index is 904. The van der Waals surface area contributed by atoms with Gasteiger partial charge in [-0.2, -0.15) is 0 Å². The minimum atomic E-state index is -0.463. The van der Waals surface area contributed by atoms with E-state index in [-0.39, 0.29) is 17.5 Å². The third kappa shape index (κ3) is 2.65. The van der Waals surface area contributed by atoms with Crippen LogP contribution in [0.5, 0.6) is 0 Å². The van der Waals surface area contributed by atoms with Gasteiger partial charge in [-0.3, -0.25) is 9.55 Å². The van der Waals surface area contributed by atoms with Gasteiger partial charge in [0, 0.05) is 13.7 Å². The van der Waals surface area contributed by atoms with Gasteiger partial charge < -0.3 is 4.74 Å². The first-order chi connectivity index (χ1) is 12.0. The maximum atomic E-state index is 12.3. The molecular formula is C19H24N4O2. The summed E-state index contributed by atoms with van der Waals surface area (Å²) in [7, 11) is 1.74. The number of nitrogens with zero attached hydrogens (tertiary/aromatic N) is 3. The predicted molar refractivity (Wildman–Crippen MR) is 96.5 cm³/mol. The minimum Gasteiger partial charge on any atom is -0.373 e. The molecule has 1 N–H and O–H groups in total. The van der Waals surface area contributed by atoms with Gasteiger partial charge >= 0.3 is 5.69 Å². The number of hydrogen-bond donors (Lipinski definition) is 1. The van der Waals surface area contributed by atoms with Crippen molar-refractivity contribution in [2.75, 3.05) is 7.11 Å². The third-order valence-electron chi connectivity index (χ3n) is 5.47. The van der Waals surface area contributed by atoms with Gasteiger partial charge in [0.25, 0.3) is 0 Å². The Balaban J connectivity index is 1.81. The van der Waals surface area contributed by atoms with Crippen molar-refractivity contribution >= 4 is 11.3 Å². The largest absolute Gasteiger partial charge is 0.373 e. The van der Waals surface area contributed by atoms with Crippen LogP contribution >= 0.6 is 0 Å². The SMILES string of the molecule is COC1(C(C)C)C=CC=CC1c1cnc2[nH]c(=O)n(CC3CC3)c2n1.